The van der Waals surface area contributed by atoms with Gasteiger partial charge in [0.2, 0.25) is 0 Å². The van der Waals surface area contributed by atoms with Gasteiger partial charge in [0.05, 0.1) is 34.3 Å². The van der Waals surface area contributed by atoms with Crippen LogP contribution in [0.25, 0.3) is 16.9 Å². The van der Waals surface area contributed by atoms with Crippen LogP contribution in [0.3, 0.4) is 0 Å². The molecule has 242 valence electrons. The number of primary amides is 1. The molecule has 13 nitrogen and oxygen atoms in total. The Bertz CT molecular complexity index is 1810. The number of nitriles is 1. The Hall–Kier alpha value is -4.74. The highest BCUT2D eigenvalue weighted by atomic mass is 16.3. The third-order valence-corrected chi connectivity index (χ3v) is 9.47. The van der Waals surface area contributed by atoms with Gasteiger partial charge in [0.1, 0.15) is 22.8 Å². The number of amides is 1. The van der Waals surface area contributed by atoms with Crippen LogP contribution in [0.4, 0.5) is 5.69 Å². The summed E-state index contributed by atoms with van der Waals surface area (Å²) in [7, 11) is 10.4. The second kappa shape index (κ2) is 10.7. The summed E-state index contributed by atoms with van der Waals surface area (Å²) in [5.41, 5.74) is 14.4. The SMILES string of the molecule is CN(C)Cc1ccc(-c2cc(N(C)C)c3c(c2O)C(O)=C2C(=O)[C@]4(C#N)C(O)=C(C(N)=O)C(=O)[C@@H](N(C)C)[C@]4(N)C[C@]2(N)C3)cc1. The number of rotatable bonds is 6. The lowest BCUT2D eigenvalue weighted by Crippen LogP contribution is -2.80. The summed E-state index contributed by atoms with van der Waals surface area (Å²) in [6.07, 6.45) is -0.565. The zero-order valence-electron chi connectivity index (χ0n) is 26.7. The molecule has 2 aromatic carbocycles. The zero-order valence-corrected chi connectivity index (χ0v) is 26.7. The summed E-state index contributed by atoms with van der Waals surface area (Å²) in [5.74, 6) is -5.68. The maximum atomic E-state index is 14.7. The van der Waals surface area contributed by atoms with E-state index in [1.807, 2.05) is 43.3 Å². The number of carbonyl (C=O) groups is 3. The average molecular weight is 630 g/mol. The standard InChI is InChI=1S/C33H39N7O6/c1-38(2)13-16-7-9-17(10-8-16)18-11-20(39(3)4)19-12-31(36)14-33(37)27(40(5)6)26(43)22(30(35)46)28(44)32(33,15-34)29(45)23(31)25(42)21(19)24(18)41/h7-11,27,41-42,44H,12-14,36-37H2,1-6H3,(H2,35,46)/t27-,31-,32+,33-/m1/s1. The number of nitrogens with zero attached hydrogens (tertiary/aromatic N) is 4. The van der Waals surface area contributed by atoms with Gasteiger partial charge in [0.15, 0.2) is 17.0 Å². The van der Waals surface area contributed by atoms with Crippen LogP contribution >= 0.6 is 0 Å². The number of ketones is 2. The summed E-state index contributed by atoms with van der Waals surface area (Å²) in [4.78, 5) is 45.8. The fourth-order valence-electron chi connectivity index (χ4n) is 7.65. The Morgan fingerprint density at radius 1 is 1.04 bits per heavy atom. The fraction of sp³-hybridized carbons (Fsp3) is 0.394. The normalized spacial score (nSPS) is 27.4. The van der Waals surface area contributed by atoms with Crippen molar-refractivity contribution >= 4 is 28.9 Å². The number of anilines is 1. The van der Waals surface area contributed by atoms with E-state index in [1.165, 1.54) is 19.0 Å². The molecular formula is C33H39N7O6. The van der Waals surface area contributed by atoms with Gasteiger partial charge in [-0.2, -0.15) is 5.26 Å². The number of likely N-dealkylation sites (N-methyl/N-ethyl adjacent to an activating group) is 1. The summed E-state index contributed by atoms with van der Waals surface area (Å²) < 4.78 is 0. The van der Waals surface area contributed by atoms with Crippen LogP contribution in [-0.2, 0) is 27.3 Å². The topological polar surface area (TPSA) is 223 Å². The Labute approximate surface area is 266 Å². The first kappa shape index (κ1) is 32.6. The first-order valence-electron chi connectivity index (χ1n) is 14.6. The maximum absolute atomic E-state index is 14.7. The lowest BCUT2D eigenvalue weighted by molar-refractivity contribution is -0.139. The fourth-order valence-corrected chi connectivity index (χ4v) is 7.65. The van der Waals surface area contributed by atoms with E-state index in [4.69, 9.17) is 17.2 Å². The Balaban J connectivity index is 1.82. The molecular weight excluding hydrogens is 590 g/mol. The number of phenolic OH excluding ortho intramolecular Hbond substituents is 1. The molecule has 2 aromatic rings. The van der Waals surface area contributed by atoms with Gasteiger partial charge < -0.3 is 42.3 Å². The van der Waals surface area contributed by atoms with E-state index in [9.17, 15) is 35.0 Å². The number of benzene rings is 2. The van der Waals surface area contributed by atoms with Gasteiger partial charge in [0, 0.05) is 31.9 Å². The number of hydrogen-bond acceptors (Lipinski definition) is 12. The van der Waals surface area contributed by atoms with Crippen LogP contribution in [0.2, 0.25) is 0 Å². The number of aliphatic hydroxyl groups excluding tert-OH is 2. The van der Waals surface area contributed by atoms with Crippen molar-refractivity contribution in [2.75, 3.05) is 47.2 Å². The lowest BCUT2D eigenvalue weighted by atomic mass is 9.47. The minimum atomic E-state index is -2.72. The number of phenols is 1. The van der Waals surface area contributed by atoms with Crippen LogP contribution in [0.1, 0.15) is 23.1 Å². The molecule has 0 aliphatic heterocycles. The molecule has 0 bridgehead atoms. The van der Waals surface area contributed by atoms with Gasteiger partial charge in [-0.25, -0.2) is 0 Å². The van der Waals surface area contributed by atoms with E-state index in [0.29, 0.717) is 28.9 Å². The molecule has 13 heteroatoms. The van der Waals surface area contributed by atoms with E-state index in [2.05, 4.69) is 0 Å². The molecule has 5 rings (SSSR count). The van der Waals surface area contributed by atoms with Gasteiger partial charge >= 0.3 is 0 Å². The van der Waals surface area contributed by atoms with Crippen LogP contribution < -0.4 is 22.1 Å². The molecule has 0 radical (unpaired) electrons. The predicted molar refractivity (Wildman–Crippen MR) is 171 cm³/mol. The molecule has 0 saturated heterocycles. The Morgan fingerprint density at radius 2 is 1.65 bits per heavy atom. The van der Waals surface area contributed by atoms with Crippen molar-refractivity contribution in [3.63, 3.8) is 0 Å². The number of aromatic hydroxyl groups is 1. The number of hydrogen-bond donors (Lipinski definition) is 6. The monoisotopic (exact) mass is 629 g/mol. The number of nitrogens with two attached hydrogens (primary N) is 3. The molecule has 0 spiro atoms. The second-order valence-electron chi connectivity index (χ2n) is 13.3. The third kappa shape index (κ3) is 4.25. The van der Waals surface area contributed by atoms with E-state index in [0.717, 1.165) is 5.56 Å². The van der Waals surface area contributed by atoms with E-state index >= 15 is 0 Å². The Kier molecular flexibility index (Phi) is 7.57. The molecule has 46 heavy (non-hydrogen) atoms. The van der Waals surface area contributed by atoms with Gasteiger partial charge in [-0.15, -0.1) is 0 Å². The minimum Gasteiger partial charge on any atom is -0.509 e. The van der Waals surface area contributed by atoms with Crippen molar-refractivity contribution in [2.45, 2.75) is 36.5 Å². The summed E-state index contributed by atoms with van der Waals surface area (Å²) >= 11 is 0. The predicted octanol–water partition coefficient (Wildman–Crippen LogP) is 0.700. The van der Waals surface area contributed by atoms with Crippen LogP contribution in [0, 0.1) is 16.7 Å². The molecule has 4 atom stereocenters. The van der Waals surface area contributed by atoms with Gasteiger partial charge in [-0.05, 0) is 63.8 Å². The van der Waals surface area contributed by atoms with Crippen LogP contribution in [0.15, 0.2) is 47.2 Å². The molecule has 1 fully saturated rings. The highest BCUT2D eigenvalue weighted by Crippen LogP contribution is 2.59. The first-order chi connectivity index (χ1) is 21.4. The van der Waals surface area contributed by atoms with Crippen molar-refractivity contribution in [1.29, 1.82) is 5.26 Å². The Morgan fingerprint density at radius 3 is 2.15 bits per heavy atom. The quantitative estimate of drug-likeness (QED) is 0.243. The van der Waals surface area contributed by atoms with E-state index < -0.39 is 69.1 Å². The van der Waals surface area contributed by atoms with Crippen molar-refractivity contribution in [3.8, 4) is 22.9 Å². The smallest absolute Gasteiger partial charge is 0.255 e. The minimum absolute atomic E-state index is 0.0600. The average Bonchev–Trinajstić information content (AvgIpc) is 2.92. The zero-order chi connectivity index (χ0) is 34.3. The van der Waals surface area contributed by atoms with Crippen LogP contribution in [-0.4, -0.2) is 102 Å². The molecule has 3 aliphatic carbocycles. The van der Waals surface area contributed by atoms with Crippen molar-refractivity contribution in [2.24, 2.45) is 22.6 Å². The second-order valence-corrected chi connectivity index (χ2v) is 13.3. The molecule has 0 unspecified atom stereocenters. The van der Waals surface area contributed by atoms with Crippen LogP contribution in [0.5, 0.6) is 5.75 Å². The molecule has 9 N–H and O–H groups in total. The van der Waals surface area contributed by atoms with Crippen molar-refractivity contribution in [1.82, 2.24) is 9.80 Å². The summed E-state index contributed by atoms with van der Waals surface area (Å²) in [5, 5.41) is 45.7. The highest BCUT2D eigenvalue weighted by Gasteiger charge is 2.74. The molecule has 1 saturated carbocycles. The number of carbonyl (C=O) groups excluding carboxylic acids is 3. The van der Waals surface area contributed by atoms with Gasteiger partial charge in [-0.1, -0.05) is 24.3 Å². The van der Waals surface area contributed by atoms with Crippen molar-refractivity contribution in [3.05, 3.63) is 63.9 Å². The largest absolute Gasteiger partial charge is 0.509 e. The van der Waals surface area contributed by atoms with E-state index in [-0.39, 0.29) is 17.7 Å². The third-order valence-electron chi connectivity index (χ3n) is 9.47. The van der Waals surface area contributed by atoms with Gasteiger partial charge in [-0.3, -0.25) is 19.3 Å². The number of fused-ring (bicyclic) bond motifs is 3. The molecule has 1 amide bonds. The maximum Gasteiger partial charge on any atom is 0.255 e. The molecule has 3 aliphatic rings. The highest BCUT2D eigenvalue weighted by molar-refractivity contribution is 6.25. The lowest BCUT2D eigenvalue weighted by Gasteiger charge is -2.58. The first-order valence-corrected chi connectivity index (χ1v) is 14.6. The summed E-state index contributed by atoms with van der Waals surface area (Å²) in [6, 6.07) is 9.62. The molecule has 0 aromatic heterocycles. The summed E-state index contributed by atoms with van der Waals surface area (Å²) in [6.45, 7) is 0.704. The van der Waals surface area contributed by atoms with E-state index in [1.54, 1.807) is 31.1 Å². The number of Topliss-reactive ketones (excluding diaryl/α,β-unsaturated/α-hetero) is 2. The molecule has 0 heterocycles. The number of aliphatic hydroxyl groups is 2. The van der Waals surface area contributed by atoms with Crippen molar-refractivity contribution < 1.29 is 29.7 Å². The van der Waals surface area contributed by atoms with Gasteiger partial charge in [0.25, 0.3) is 5.91 Å².